The van der Waals surface area contributed by atoms with Crippen LogP contribution in [0.5, 0.6) is 0 Å². The molecule has 0 spiro atoms. The van der Waals surface area contributed by atoms with Gasteiger partial charge in [0, 0.05) is 39.4 Å². The van der Waals surface area contributed by atoms with Crippen molar-refractivity contribution in [2.24, 2.45) is 41.4 Å². The molecule has 0 radical (unpaired) electrons. The maximum absolute atomic E-state index is 12.3. The van der Waals surface area contributed by atoms with E-state index in [2.05, 4.69) is 60.3 Å². The minimum Gasteiger partial charge on any atom is -0.465 e. The second-order valence-electron chi connectivity index (χ2n) is 19.5. The first-order chi connectivity index (χ1) is 26.6. The third kappa shape index (κ3) is 32.9. The summed E-state index contributed by atoms with van der Waals surface area (Å²) in [4.78, 5) is 15.0. The van der Waals surface area contributed by atoms with Gasteiger partial charge < -0.3 is 19.1 Å². The van der Waals surface area contributed by atoms with E-state index in [4.69, 9.17) is 14.2 Å². The zero-order chi connectivity index (χ0) is 40.4. The Morgan fingerprint density at radius 1 is 0.473 bits per heavy atom. The van der Waals surface area contributed by atoms with Gasteiger partial charge in [-0.05, 0) is 112 Å². The molecule has 0 aromatic carbocycles. The van der Waals surface area contributed by atoms with Crippen LogP contribution in [0.2, 0.25) is 0 Å². The summed E-state index contributed by atoms with van der Waals surface area (Å²) >= 11 is 0. The van der Waals surface area contributed by atoms with Gasteiger partial charge in [-0.15, -0.1) is 0 Å². The SMILES string of the molecule is CC(C)CCC(COCCCCCCCCCCC(CCCCCCCCCC(=O)OCC(CCC(C)C)C(C)C)COCCCN1CCCCC1)C(C)C. The molecule has 328 valence electrons. The molecule has 0 aromatic heterocycles. The zero-order valence-corrected chi connectivity index (χ0v) is 38.7. The number of piperidine rings is 1. The third-order valence-corrected chi connectivity index (χ3v) is 12.6. The molecule has 0 aliphatic carbocycles. The standard InChI is InChI=1S/C50H99NO4/c1-43(2)31-33-48(45(5)6)41-54-38-26-19-15-10-9-12-16-21-28-47(40-53-39-27-37-51-35-24-20-25-36-51)29-22-17-13-11-14-18-23-30-50(52)55-42-49(46(7)8)34-32-44(3)4/h43-49H,9-42H2,1-8H3. The lowest BCUT2D eigenvalue weighted by Gasteiger charge is -2.26. The Morgan fingerprint density at radius 3 is 1.45 bits per heavy atom. The first-order valence-corrected chi connectivity index (χ1v) is 24.6. The molecule has 5 nitrogen and oxygen atoms in total. The number of hydrogen-bond donors (Lipinski definition) is 0. The predicted octanol–water partition coefficient (Wildman–Crippen LogP) is 14.5. The first kappa shape index (κ1) is 52.4. The first-order valence-electron chi connectivity index (χ1n) is 24.6. The highest BCUT2D eigenvalue weighted by Gasteiger charge is 2.17. The Bertz CT molecular complexity index is 823. The lowest BCUT2D eigenvalue weighted by atomic mass is 9.89. The van der Waals surface area contributed by atoms with Crippen molar-refractivity contribution in [1.29, 1.82) is 0 Å². The van der Waals surface area contributed by atoms with Gasteiger partial charge in [-0.2, -0.15) is 0 Å². The van der Waals surface area contributed by atoms with Crippen LogP contribution in [0.15, 0.2) is 0 Å². The van der Waals surface area contributed by atoms with Crippen LogP contribution in [0.3, 0.4) is 0 Å². The highest BCUT2D eigenvalue weighted by Crippen LogP contribution is 2.23. The monoisotopic (exact) mass is 778 g/mol. The largest absolute Gasteiger partial charge is 0.465 e. The fourth-order valence-corrected chi connectivity index (χ4v) is 8.24. The van der Waals surface area contributed by atoms with Gasteiger partial charge in [0.05, 0.1) is 6.61 Å². The van der Waals surface area contributed by atoms with E-state index in [1.807, 2.05) is 0 Å². The predicted molar refractivity (Wildman–Crippen MR) is 239 cm³/mol. The summed E-state index contributed by atoms with van der Waals surface area (Å²) in [7, 11) is 0. The Labute approximate surface area is 345 Å². The number of rotatable bonds is 39. The molecular formula is C50H99NO4. The number of likely N-dealkylation sites (tertiary alicyclic amines) is 1. The fourth-order valence-electron chi connectivity index (χ4n) is 8.24. The number of hydrogen-bond acceptors (Lipinski definition) is 5. The molecule has 1 aliphatic rings. The van der Waals surface area contributed by atoms with Gasteiger partial charge in [0.1, 0.15) is 0 Å². The van der Waals surface area contributed by atoms with E-state index >= 15 is 0 Å². The molecule has 1 fully saturated rings. The lowest BCUT2D eigenvalue weighted by Crippen LogP contribution is -2.31. The molecular weight excluding hydrogens is 679 g/mol. The highest BCUT2D eigenvalue weighted by molar-refractivity contribution is 5.69. The lowest BCUT2D eigenvalue weighted by molar-refractivity contribution is -0.145. The van der Waals surface area contributed by atoms with Crippen LogP contribution < -0.4 is 0 Å². The molecule has 0 aromatic rings. The minimum absolute atomic E-state index is 0.00850. The van der Waals surface area contributed by atoms with Crippen molar-refractivity contribution in [2.45, 2.75) is 222 Å². The second-order valence-corrected chi connectivity index (χ2v) is 19.5. The van der Waals surface area contributed by atoms with Gasteiger partial charge >= 0.3 is 5.97 Å². The van der Waals surface area contributed by atoms with Crippen molar-refractivity contribution in [2.75, 3.05) is 52.7 Å². The van der Waals surface area contributed by atoms with Crippen LogP contribution in [0.25, 0.3) is 0 Å². The van der Waals surface area contributed by atoms with Crippen molar-refractivity contribution < 1.29 is 19.0 Å². The Hall–Kier alpha value is -0.650. The highest BCUT2D eigenvalue weighted by atomic mass is 16.5. The van der Waals surface area contributed by atoms with Gasteiger partial charge in [-0.3, -0.25) is 4.79 Å². The van der Waals surface area contributed by atoms with Crippen LogP contribution in [-0.2, 0) is 19.0 Å². The summed E-state index contributed by atoms with van der Waals surface area (Å²) in [5.41, 5.74) is 0. The molecule has 1 heterocycles. The number of ether oxygens (including phenoxy) is 3. The smallest absolute Gasteiger partial charge is 0.305 e. The molecule has 1 aliphatic heterocycles. The third-order valence-electron chi connectivity index (χ3n) is 12.6. The Kier molecular flexibility index (Phi) is 34.7. The second kappa shape index (κ2) is 36.4. The number of nitrogens with zero attached hydrogens (tertiary/aromatic N) is 1. The van der Waals surface area contributed by atoms with Crippen LogP contribution in [-0.4, -0.2) is 63.5 Å². The van der Waals surface area contributed by atoms with Crippen LogP contribution in [0, 0.1) is 41.4 Å². The molecule has 0 N–H and O–H groups in total. The molecule has 0 saturated carbocycles. The maximum Gasteiger partial charge on any atom is 0.305 e. The van der Waals surface area contributed by atoms with E-state index < -0.39 is 0 Å². The normalized spacial score (nSPS) is 15.8. The van der Waals surface area contributed by atoms with E-state index in [0.29, 0.717) is 30.8 Å². The van der Waals surface area contributed by atoms with Gasteiger partial charge in [-0.1, -0.05) is 158 Å². The summed E-state index contributed by atoms with van der Waals surface area (Å²) in [6.45, 7) is 26.6. The molecule has 3 unspecified atom stereocenters. The maximum atomic E-state index is 12.3. The topological polar surface area (TPSA) is 48.0 Å². The van der Waals surface area contributed by atoms with Gasteiger partial charge in [0.2, 0.25) is 0 Å². The molecule has 0 bridgehead atoms. The van der Waals surface area contributed by atoms with E-state index in [9.17, 15) is 4.79 Å². The van der Waals surface area contributed by atoms with Crippen LogP contribution in [0.4, 0.5) is 0 Å². The van der Waals surface area contributed by atoms with E-state index in [1.54, 1.807) is 0 Å². The van der Waals surface area contributed by atoms with Gasteiger partial charge in [0.15, 0.2) is 0 Å². The molecule has 1 saturated heterocycles. The van der Waals surface area contributed by atoms with Crippen molar-refractivity contribution in [3.05, 3.63) is 0 Å². The van der Waals surface area contributed by atoms with Crippen molar-refractivity contribution in [1.82, 2.24) is 4.90 Å². The average Bonchev–Trinajstić information content (AvgIpc) is 3.15. The van der Waals surface area contributed by atoms with Crippen LogP contribution in [0.1, 0.15) is 222 Å². The molecule has 55 heavy (non-hydrogen) atoms. The van der Waals surface area contributed by atoms with Crippen LogP contribution >= 0.6 is 0 Å². The molecule has 1 rings (SSSR count). The van der Waals surface area contributed by atoms with Gasteiger partial charge in [-0.25, -0.2) is 0 Å². The molecule has 5 heteroatoms. The number of carbonyl (C=O) groups excluding carboxylic acids is 1. The average molecular weight is 778 g/mol. The number of carbonyl (C=O) groups is 1. The Morgan fingerprint density at radius 2 is 0.927 bits per heavy atom. The molecule has 0 amide bonds. The zero-order valence-electron chi connectivity index (χ0n) is 38.7. The van der Waals surface area contributed by atoms with E-state index in [0.717, 1.165) is 69.4 Å². The quantitative estimate of drug-likeness (QED) is 0.0459. The molecule has 3 atom stereocenters. The van der Waals surface area contributed by atoms with Crippen molar-refractivity contribution >= 4 is 5.97 Å². The summed E-state index contributed by atoms with van der Waals surface area (Å²) in [6, 6.07) is 0. The summed E-state index contributed by atoms with van der Waals surface area (Å²) in [5.74, 6) is 4.74. The van der Waals surface area contributed by atoms with Crippen molar-refractivity contribution in [3.8, 4) is 0 Å². The fraction of sp³-hybridized carbons (Fsp3) is 0.980. The summed E-state index contributed by atoms with van der Waals surface area (Å²) in [5, 5.41) is 0. The summed E-state index contributed by atoms with van der Waals surface area (Å²) < 4.78 is 18.1. The minimum atomic E-state index is 0.00850. The summed E-state index contributed by atoms with van der Waals surface area (Å²) in [6.07, 6.45) is 33.1. The Balaban J connectivity index is 2.17. The van der Waals surface area contributed by atoms with E-state index in [-0.39, 0.29) is 5.97 Å². The van der Waals surface area contributed by atoms with E-state index in [1.165, 1.54) is 161 Å². The number of esters is 1. The van der Waals surface area contributed by atoms with Crippen molar-refractivity contribution in [3.63, 3.8) is 0 Å². The number of unbranched alkanes of at least 4 members (excludes halogenated alkanes) is 13. The van der Waals surface area contributed by atoms with Gasteiger partial charge in [0.25, 0.3) is 0 Å².